The maximum atomic E-state index is 5.64. The Balaban J connectivity index is 3.73. The Morgan fingerprint density at radius 3 is 2.67 bits per heavy atom. The largest absolute Gasteiger partial charge is 0.494 e. The topological polar surface area (TPSA) is 30.5 Å². The molecule has 21 heavy (non-hydrogen) atoms. The van der Waals surface area contributed by atoms with Crippen molar-refractivity contribution in [3.63, 3.8) is 0 Å². The second-order valence-electron chi connectivity index (χ2n) is 4.38. The number of allylic oxidation sites excluding steroid dienone is 7. The quantitative estimate of drug-likeness (QED) is 0.318. The van der Waals surface area contributed by atoms with Gasteiger partial charge in [0.15, 0.2) is 0 Å². The second-order valence-corrected chi connectivity index (χ2v) is 4.38. The fourth-order valence-corrected chi connectivity index (χ4v) is 1.45. The zero-order chi connectivity index (χ0) is 15.6. The average molecular weight is 291 g/mol. The minimum absolute atomic E-state index is 0.476. The van der Waals surface area contributed by atoms with Crippen molar-refractivity contribution in [3.05, 3.63) is 60.9 Å². The molecule has 0 fully saturated rings. The van der Waals surface area contributed by atoms with Crippen molar-refractivity contribution in [1.29, 1.82) is 0 Å². The smallest absolute Gasteiger partial charge is 0.122 e. The first-order chi connectivity index (χ1) is 10.3. The van der Waals surface area contributed by atoms with Crippen LogP contribution in [0.4, 0.5) is 0 Å². The van der Waals surface area contributed by atoms with Gasteiger partial charge in [-0.05, 0) is 12.5 Å². The molecule has 0 atom stereocenters. The molecular formula is C18H29NO2. The van der Waals surface area contributed by atoms with Crippen LogP contribution in [0.2, 0.25) is 0 Å². The van der Waals surface area contributed by atoms with Crippen LogP contribution in [0.25, 0.3) is 0 Å². The van der Waals surface area contributed by atoms with E-state index in [1.807, 2.05) is 18.2 Å². The number of unbranched alkanes of at least 4 members (excludes halogenated alkanes) is 1. The van der Waals surface area contributed by atoms with Gasteiger partial charge in [0.05, 0.1) is 0 Å². The predicted octanol–water partition coefficient (Wildman–Crippen LogP) is 3.78. The molecule has 0 aromatic heterocycles. The average Bonchev–Trinajstić information content (AvgIpc) is 2.49. The zero-order valence-electron chi connectivity index (χ0n) is 13.4. The van der Waals surface area contributed by atoms with Crippen LogP contribution in [0.1, 0.15) is 19.8 Å². The lowest BCUT2D eigenvalue weighted by molar-refractivity contribution is 0.132. The summed E-state index contributed by atoms with van der Waals surface area (Å²) >= 11 is 0. The van der Waals surface area contributed by atoms with Gasteiger partial charge in [-0.15, -0.1) is 0 Å². The molecular weight excluding hydrogens is 262 g/mol. The van der Waals surface area contributed by atoms with E-state index in [0.717, 1.165) is 25.3 Å². The Morgan fingerprint density at radius 1 is 1.14 bits per heavy atom. The molecule has 0 unspecified atom stereocenters. The van der Waals surface area contributed by atoms with Gasteiger partial charge in [0, 0.05) is 20.2 Å². The molecule has 0 saturated heterocycles. The van der Waals surface area contributed by atoms with Crippen LogP contribution in [0.3, 0.4) is 0 Å². The fourth-order valence-electron chi connectivity index (χ4n) is 1.45. The molecule has 0 aromatic rings. The van der Waals surface area contributed by atoms with Crippen molar-refractivity contribution in [2.75, 3.05) is 33.4 Å². The van der Waals surface area contributed by atoms with Crippen molar-refractivity contribution >= 4 is 0 Å². The lowest BCUT2D eigenvalue weighted by atomic mass is 10.3. The standard InChI is InChI=1S/C18H29NO2/c1-4-6-8-9-10-12-14-19-15-16-21-18(17-20-3)13-11-7-5-2/h5,7-13,19H,2,4,6,14-17H2,1,3H3/b9-8-,11-7-,12-10+,18-13+. The summed E-state index contributed by atoms with van der Waals surface area (Å²) in [5.41, 5.74) is 0. The maximum absolute atomic E-state index is 5.64. The van der Waals surface area contributed by atoms with Crippen LogP contribution in [0.5, 0.6) is 0 Å². The molecule has 0 aromatic carbocycles. The molecule has 0 rings (SSSR count). The second kappa shape index (κ2) is 16.5. The molecule has 0 amide bonds. The normalized spacial score (nSPS) is 12.8. The molecule has 0 aliphatic heterocycles. The lowest BCUT2D eigenvalue weighted by Crippen LogP contribution is -2.20. The molecule has 0 spiro atoms. The van der Waals surface area contributed by atoms with Gasteiger partial charge in [0.25, 0.3) is 0 Å². The minimum atomic E-state index is 0.476. The van der Waals surface area contributed by atoms with Gasteiger partial charge in [-0.3, -0.25) is 0 Å². The number of rotatable bonds is 13. The summed E-state index contributed by atoms with van der Waals surface area (Å²) in [7, 11) is 1.66. The van der Waals surface area contributed by atoms with Crippen molar-refractivity contribution < 1.29 is 9.47 Å². The van der Waals surface area contributed by atoms with Gasteiger partial charge in [-0.2, -0.15) is 0 Å². The van der Waals surface area contributed by atoms with E-state index in [0.29, 0.717) is 13.2 Å². The van der Waals surface area contributed by atoms with Crippen molar-refractivity contribution in [2.24, 2.45) is 0 Å². The van der Waals surface area contributed by atoms with Crippen LogP contribution in [0, 0.1) is 0 Å². The van der Waals surface area contributed by atoms with Gasteiger partial charge < -0.3 is 14.8 Å². The molecule has 0 radical (unpaired) electrons. The van der Waals surface area contributed by atoms with Crippen LogP contribution < -0.4 is 5.32 Å². The van der Waals surface area contributed by atoms with E-state index in [2.05, 4.69) is 43.1 Å². The molecule has 0 heterocycles. The highest BCUT2D eigenvalue weighted by Crippen LogP contribution is 1.98. The molecule has 1 N–H and O–H groups in total. The molecule has 0 saturated carbocycles. The Morgan fingerprint density at radius 2 is 1.95 bits per heavy atom. The molecule has 0 bridgehead atoms. The highest BCUT2D eigenvalue weighted by molar-refractivity contribution is 5.12. The summed E-state index contributed by atoms with van der Waals surface area (Å²) in [5.74, 6) is 0.815. The third-order valence-electron chi connectivity index (χ3n) is 2.48. The molecule has 0 aliphatic rings. The van der Waals surface area contributed by atoms with Gasteiger partial charge in [0.2, 0.25) is 0 Å². The number of ether oxygens (including phenoxy) is 2. The van der Waals surface area contributed by atoms with Crippen LogP contribution in [0.15, 0.2) is 60.9 Å². The van der Waals surface area contributed by atoms with E-state index in [9.17, 15) is 0 Å². The highest BCUT2D eigenvalue weighted by atomic mass is 16.5. The lowest BCUT2D eigenvalue weighted by Gasteiger charge is -2.09. The number of methoxy groups -OCH3 is 1. The van der Waals surface area contributed by atoms with Gasteiger partial charge in [-0.1, -0.05) is 62.5 Å². The summed E-state index contributed by atoms with van der Waals surface area (Å²) < 4.78 is 10.7. The van der Waals surface area contributed by atoms with Crippen molar-refractivity contribution in [1.82, 2.24) is 5.32 Å². The van der Waals surface area contributed by atoms with E-state index < -0.39 is 0 Å². The first-order valence-corrected chi connectivity index (χ1v) is 7.47. The number of hydrogen-bond donors (Lipinski definition) is 1. The predicted molar refractivity (Wildman–Crippen MR) is 91.3 cm³/mol. The first-order valence-electron chi connectivity index (χ1n) is 7.47. The Kier molecular flexibility index (Phi) is 15.2. The summed E-state index contributed by atoms with van der Waals surface area (Å²) in [6, 6.07) is 0. The van der Waals surface area contributed by atoms with Gasteiger partial charge >= 0.3 is 0 Å². The molecule has 3 heteroatoms. The van der Waals surface area contributed by atoms with Crippen LogP contribution in [-0.4, -0.2) is 33.4 Å². The van der Waals surface area contributed by atoms with Crippen molar-refractivity contribution in [2.45, 2.75) is 19.8 Å². The Hall–Kier alpha value is -1.58. The molecule has 118 valence electrons. The summed E-state index contributed by atoms with van der Waals surface area (Å²) in [4.78, 5) is 0. The monoisotopic (exact) mass is 291 g/mol. The van der Waals surface area contributed by atoms with E-state index in [1.54, 1.807) is 13.2 Å². The Bertz CT molecular complexity index is 354. The van der Waals surface area contributed by atoms with E-state index in [-0.39, 0.29) is 0 Å². The third kappa shape index (κ3) is 14.6. The van der Waals surface area contributed by atoms with Gasteiger partial charge in [0.1, 0.15) is 19.0 Å². The first kappa shape index (κ1) is 19.4. The fraction of sp³-hybridized carbons (Fsp3) is 0.444. The minimum Gasteiger partial charge on any atom is -0.494 e. The Labute approximate surface area is 129 Å². The summed E-state index contributed by atoms with van der Waals surface area (Å²) in [6.45, 7) is 8.54. The van der Waals surface area contributed by atoms with Crippen LogP contribution in [-0.2, 0) is 9.47 Å². The van der Waals surface area contributed by atoms with Crippen LogP contribution >= 0.6 is 0 Å². The number of hydrogen-bond acceptors (Lipinski definition) is 3. The molecule has 3 nitrogen and oxygen atoms in total. The third-order valence-corrected chi connectivity index (χ3v) is 2.48. The highest BCUT2D eigenvalue weighted by Gasteiger charge is 1.95. The van der Waals surface area contributed by atoms with E-state index in [4.69, 9.17) is 9.47 Å². The van der Waals surface area contributed by atoms with E-state index >= 15 is 0 Å². The summed E-state index contributed by atoms with van der Waals surface area (Å²) in [6.07, 6.45) is 18.1. The summed E-state index contributed by atoms with van der Waals surface area (Å²) in [5, 5.41) is 3.29. The van der Waals surface area contributed by atoms with Gasteiger partial charge in [-0.25, -0.2) is 0 Å². The SMILES string of the molecule is C=C/C=C\C=C(/COC)OCCNC/C=C/C=C\CCC. The van der Waals surface area contributed by atoms with Crippen molar-refractivity contribution in [3.8, 4) is 0 Å². The molecule has 0 aliphatic carbocycles. The maximum Gasteiger partial charge on any atom is 0.122 e. The number of nitrogens with one attached hydrogen (secondary N) is 1. The van der Waals surface area contributed by atoms with E-state index in [1.165, 1.54) is 6.42 Å². The zero-order valence-corrected chi connectivity index (χ0v) is 13.4.